The first kappa shape index (κ1) is 14.5. The van der Waals surface area contributed by atoms with Gasteiger partial charge in [-0.15, -0.1) is 0 Å². The summed E-state index contributed by atoms with van der Waals surface area (Å²) in [5, 5.41) is 5.60. The maximum Gasteiger partial charge on any atom is 0.248 e. The smallest absolute Gasteiger partial charge is 0.248 e. The summed E-state index contributed by atoms with van der Waals surface area (Å²) < 4.78 is 7.26. The molecule has 4 aromatic rings. The van der Waals surface area contributed by atoms with Crippen LogP contribution in [0.1, 0.15) is 12.6 Å². The number of ether oxygens (including phenoxy) is 1. The maximum absolute atomic E-state index is 11.4. The number of nitrogens with one attached hydrogen (secondary N) is 1. The molecule has 0 aliphatic heterocycles. The van der Waals surface area contributed by atoms with Crippen LogP contribution in [-0.2, 0) is 6.42 Å². The lowest BCUT2D eigenvalue weighted by Crippen LogP contribution is -2.02. The highest BCUT2D eigenvalue weighted by molar-refractivity contribution is 5.89. The fourth-order valence-corrected chi connectivity index (χ4v) is 2.99. The number of H-pyrrole nitrogens is 1. The molecule has 0 spiro atoms. The van der Waals surface area contributed by atoms with Gasteiger partial charge in [0, 0.05) is 23.2 Å². The molecule has 0 atom stereocenters. The zero-order chi connectivity index (χ0) is 16.7. The molecule has 0 aliphatic carbocycles. The summed E-state index contributed by atoms with van der Waals surface area (Å²) in [5.74, 6) is 0.707. The van der Waals surface area contributed by atoms with Crippen LogP contribution < -0.4 is 10.3 Å². The van der Waals surface area contributed by atoms with Crippen molar-refractivity contribution in [1.82, 2.24) is 14.6 Å². The summed E-state index contributed by atoms with van der Waals surface area (Å²) in [6.45, 7) is 2.08. The molecule has 0 aliphatic rings. The molecule has 0 amide bonds. The average molecular weight is 319 g/mol. The van der Waals surface area contributed by atoms with Gasteiger partial charge in [-0.25, -0.2) is 4.52 Å². The van der Waals surface area contributed by atoms with Gasteiger partial charge in [0.15, 0.2) is 0 Å². The molecule has 0 fully saturated rings. The zero-order valence-corrected chi connectivity index (χ0v) is 13.5. The first-order chi connectivity index (χ1) is 11.7. The Hall–Kier alpha value is -3.08. The molecule has 1 aromatic carbocycles. The van der Waals surface area contributed by atoms with E-state index in [2.05, 4.69) is 29.1 Å². The van der Waals surface area contributed by atoms with Gasteiger partial charge in [0.05, 0.1) is 18.3 Å². The number of methoxy groups -OCH3 is 1. The van der Waals surface area contributed by atoms with E-state index in [1.165, 1.54) is 0 Å². The molecule has 3 heterocycles. The van der Waals surface area contributed by atoms with Crippen LogP contribution in [0.4, 0.5) is 0 Å². The van der Waals surface area contributed by atoms with E-state index in [9.17, 15) is 4.79 Å². The standard InChI is InChI=1S/C19H17N3O2/c1-3-14-11-17-15(6-9-19(24-2)22(17)21-14)12-4-7-16-13(10-12)5-8-18(23)20-16/h4-11H,3H2,1-2H3,(H,20,23). The largest absolute Gasteiger partial charge is 0.481 e. The highest BCUT2D eigenvalue weighted by atomic mass is 16.5. The van der Waals surface area contributed by atoms with Gasteiger partial charge in [0.2, 0.25) is 11.4 Å². The Bertz CT molecular complexity index is 1110. The minimum absolute atomic E-state index is 0.0922. The van der Waals surface area contributed by atoms with Crippen LogP contribution >= 0.6 is 0 Å². The van der Waals surface area contributed by atoms with E-state index in [-0.39, 0.29) is 5.56 Å². The second-order valence-electron chi connectivity index (χ2n) is 5.70. The molecular formula is C19H17N3O2. The predicted molar refractivity (Wildman–Crippen MR) is 94.7 cm³/mol. The van der Waals surface area contributed by atoms with Crippen LogP contribution in [-0.4, -0.2) is 21.7 Å². The summed E-state index contributed by atoms with van der Waals surface area (Å²) in [7, 11) is 1.65. The van der Waals surface area contributed by atoms with Gasteiger partial charge < -0.3 is 9.72 Å². The number of aryl methyl sites for hydroxylation is 1. The number of hydrogen-bond donors (Lipinski definition) is 1. The lowest BCUT2D eigenvalue weighted by molar-refractivity contribution is 0.385. The van der Waals surface area contributed by atoms with E-state index in [0.717, 1.165) is 39.7 Å². The number of benzene rings is 1. The molecule has 3 aromatic heterocycles. The third-order valence-electron chi connectivity index (χ3n) is 4.24. The Morgan fingerprint density at radius 2 is 2.00 bits per heavy atom. The number of nitrogens with zero attached hydrogens (tertiary/aromatic N) is 2. The minimum atomic E-state index is -0.0922. The number of fused-ring (bicyclic) bond motifs is 2. The highest BCUT2D eigenvalue weighted by Gasteiger charge is 2.12. The van der Waals surface area contributed by atoms with Crippen LogP contribution in [0.5, 0.6) is 5.88 Å². The van der Waals surface area contributed by atoms with Gasteiger partial charge in [-0.05, 0) is 47.7 Å². The number of pyridine rings is 2. The molecule has 120 valence electrons. The van der Waals surface area contributed by atoms with Gasteiger partial charge in [0.25, 0.3) is 0 Å². The zero-order valence-electron chi connectivity index (χ0n) is 13.5. The molecular weight excluding hydrogens is 302 g/mol. The first-order valence-corrected chi connectivity index (χ1v) is 7.88. The van der Waals surface area contributed by atoms with E-state index in [4.69, 9.17) is 4.74 Å². The van der Waals surface area contributed by atoms with E-state index in [1.54, 1.807) is 13.2 Å². The minimum Gasteiger partial charge on any atom is -0.481 e. The summed E-state index contributed by atoms with van der Waals surface area (Å²) in [5.41, 5.74) is 4.92. The average Bonchev–Trinajstić information content (AvgIpc) is 3.05. The molecule has 1 N–H and O–H groups in total. The van der Waals surface area contributed by atoms with Crippen LogP contribution in [0, 0.1) is 0 Å². The van der Waals surface area contributed by atoms with E-state index < -0.39 is 0 Å². The summed E-state index contributed by atoms with van der Waals surface area (Å²) >= 11 is 0. The van der Waals surface area contributed by atoms with Crippen molar-refractivity contribution in [3.63, 3.8) is 0 Å². The monoisotopic (exact) mass is 319 g/mol. The van der Waals surface area contributed by atoms with Gasteiger partial charge in [-0.1, -0.05) is 13.0 Å². The number of hydrogen-bond acceptors (Lipinski definition) is 3. The fraction of sp³-hybridized carbons (Fsp3) is 0.158. The van der Waals surface area contributed by atoms with Crippen LogP contribution in [0.3, 0.4) is 0 Å². The van der Waals surface area contributed by atoms with Crippen LogP contribution in [0.2, 0.25) is 0 Å². The van der Waals surface area contributed by atoms with Crippen molar-refractivity contribution in [2.45, 2.75) is 13.3 Å². The van der Waals surface area contributed by atoms with E-state index in [1.807, 2.05) is 34.8 Å². The van der Waals surface area contributed by atoms with Crippen molar-refractivity contribution in [3.8, 4) is 17.0 Å². The lowest BCUT2D eigenvalue weighted by Gasteiger charge is -2.09. The predicted octanol–water partition coefficient (Wildman–Crippen LogP) is 3.41. The third-order valence-corrected chi connectivity index (χ3v) is 4.24. The van der Waals surface area contributed by atoms with Gasteiger partial charge in [0.1, 0.15) is 0 Å². The Labute approximate surface area is 138 Å². The molecule has 5 heteroatoms. The Morgan fingerprint density at radius 1 is 1.12 bits per heavy atom. The Kier molecular flexibility index (Phi) is 3.34. The Balaban J connectivity index is 1.97. The first-order valence-electron chi connectivity index (χ1n) is 7.88. The van der Waals surface area contributed by atoms with Gasteiger partial charge >= 0.3 is 0 Å². The SMILES string of the molecule is CCc1cc2c(-c3ccc4[nH]c(=O)ccc4c3)ccc(OC)n2n1. The quantitative estimate of drug-likeness (QED) is 0.629. The van der Waals surface area contributed by atoms with Gasteiger partial charge in [-0.2, -0.15) is 5.10 Å². The molecule has 24 heavy (non-hydrogen) atoms. The molecule has 0 saturated carbocycles. The Morgan fingerprint density at radius 3 is 2.79 bits per heavy atom. The second-order valence-corrected chi connectivity index (χ2v) is 5.70. The van der Waals surface area contributed by atoms with Crippen molar-refractivity contribution in [1.29, 1.82) is 0 Å². The molecule has 0 bridgehead atoms. The van der Waals surface area contributed by atoms with Crippen molar-refractivity contribution < 1.29 is 4.74 Å². The number of aromatic nitrogens is 3. The van der Waals surface area contributed by atoms with Crippen molar-refractivity contribution >= 4 is 16.4 Å². The van der Waals surface area contributed by atoms with E-state index >= 15 is 0 Å². The summed E-state index contributed by atoms with van der Waals surface area (Å²) in [6, 6.07) is 15.5. The summed E-state index contributed by atoms with van der Waals surface area (Å²) in [4.78, 5) is 14.3. The normalized spacial score (nSPS) is 11.2. The van der Waals surface area contributed by atoms with Crippen LogP contribution in [0.25, 0.3) is 27.5 Å². The van der Waals surface area contributed by atoms with Crippen molar-refractivity contribution in [3.05, 3.63) is 64.6 Å². The molecule has 0 unspecified atom stereocenters. The van der Waals surface area contributed by atoms with Crippen molar-refractivity contribution in [2.75, 3.05) is 7.11 Å². The van der Waals surface area contributed by atoms with E-state index in [0.29, 0.717) is 5.88 Å². The summed E-state index contributed by atoms with van der Waals surface area (Å²) in [6.07, 6.45) is 0.864. The molecule has 0 saturated heterocycles. The van der Waals surface area contributed by atoms with Crippen molar-refractivity contribution in [2.24, 2.45) is 0 Å². The number of aromatic amines is 1. The molecule has 5 nitrogen and oxygen atoms in total. The topological polar surface area (TPSA) is 59.4 Å². The second kappa shape index (κ2) is 5.53. The highest BCUT2D eigenvalue weighted by Crippen LogP contribution is 2.30. The molecule has 4 rings (SSSR count). The maximum atomic E-state index is 11.4. The molecule has 0 radical (unpaired) electrons. The number of rotatable bonds is 3. The lowest BCUT2D eigenvalue weighted by atomic mass is 10.0. The third kappa shape index (κ3) is 2.25. The van der Waals surface area contributed by atoms with Crippen LogP contribution in [0.15, 0.2) is 53.3 Å². The van der Waals surface area contributed by atoms with Gasteiger partial charge in [-0.3, -0.25) is 4.79 Å². The fourth-order valence-electron chi connectivity index (χ4n) is 2.99.